The SMILES string of the molecule is CCn1ccc2c(cc(C(=O)Nc3ccc(Br)cc3C)n2C)c1=O. The molecule has 6 heteroatoms. The summed E-state index contributed by atoms with van der Waals surface area (Å²) in [5.41, 5.74) is 2.84. The van der Waals surface area contributed by atoms with E-state index in [-0.39, 0.29) is 11.5 Å². The van der Waals surface area contributed by atoms with E-state index in [4.69, 9.17) is 0 Å². The molecule has 0 saturated carbocycles. The van der Waals surface area contributed by atoms with Crippen LogP contribution in [0.25, 0.3) is 10.9 Å². The maximum Gasteiger partial charge on any atom is 0.272 e. The predicted octanol–water partition coefficient (Wildman–Crippen LogP) is 3.68. The number of carbonyl (C=O) groups excluding carboxylic acids is 1. The molecular weight excluding hydrogens is 370 g/mol. The Morgan fingerprint density at radius 3 is 2.67 bits per heavy atom. The fourth-order valence-electron chi connectivity index (χ4n) is 2.79. The highest BCUT2D eigenvalue weighted by molar-refractivity contribution is 9.10. The predicted molar refractivity (Wildman–Crippen MR) is 99.7 cm³/mol. The molecule has 0 aliphatic heterocycles. The molecule has 0 spiro atoms. The standard InChI is InChI=1S/C18H18BrN3O2/c1-4-22-8-7-15-13(18(22)24)10-16(21(15)3)17(23)20-14-6-5-12(19)9-11(14)2/h5-10H,4H2,1-3H3,(H,20,23). The van der Waals surface area contributed by atoms with E-state index >= 15 is 0 Å². The van der Waals surface area contributed by atoms with Crippen LogP contribution in [-0.4, -0.2) is 15.0 Å². The van der Waals surface area contributed by atoms with Crippen LogP contribution in [0, 0.1) is 6.92 Å². The van der Waals surface area contributed by atoms with Crippen molar-refractivity contribution in [3.05, 3.63) is 62.6 Å². The lowest BCUT2D eigenvalue weighted by Crippen LogP contribution is -2.17. The summed E-state index contributed by atoms with van der Waals surface area (Å²) < 4.78 is 4.34. The summed E-state index contributed by atoms with van der Waals surface area (Å²) in [5, 5.41) is 3.47. The van der Waals surface area contributed by atoms with Crippen molar-refractivity contribution in [1.82, 2.24) is 9.13 Å². The Hall–Kier alpha value is -2.34. The number of anilines is 1. The molecule has 3 aromatic rings. The van der Waals surface area contributed by atoms with Gasteiger partial charge >= 0.3 is 0 Å². The third-order valence-corrected chi connectivity index (χ3v) is 4.69. The van der Waals surface area contributed by atoms with Gasteiger partial charge in [-0.3, -0.25) is 9.59 Å². The minimum atomic E-state index is -0.235. The van der Waals surface area contributed by atoms with Gasteiger partial charge in [-0.15, -0.1) is 0 Å². The maximum absolute atomic E-state index is 12.7. The number of hydrogen-bond acceptors (Lipinski definition) is 2. The molecule has 24 heavy (non-hydrogen) atoms. The molecule has 2 aromatic heterocycles. The molecule has 1 amide bonds. The van der Waals surface area contributed by atoms with E-state index in [1.807, 2.05) is 38.1 Å². The van der Waals surface area contributed by atoms with Gasteiger partial charge in [0.2, 0.25) is 0 Å². The molecular formula is C18H18BrN3O2. The van der Waals surface area contributed by atoms with Crippen molar-refractivity contribution in [2.45, 2.75) is 20.4 Å². The number of halogens is 1. The van der Waals surface area contributed by atoms with E-state index in [0.717, 1.165) is 21.2 Å². The number of nitrogens with one attached hydrogen (secondary N) is 1. The zero-order valence-electron chi connectivity index (χ0n) is 13.8. The Labute approximate surface area is 148 Å². The quantitative estimate of drug-likeness (QED) is 0.744. The van der Waals surface area contributed by atoms with Crippen LogP contribution in [-0.2, 0) is 13.6 Å². The van der Waals surface area contributed by atoms with Crippen molar-refractivity contribution in [1.29, 1.82) is 0 Å². The van der Waals surface area contributed by atoms with Gasteiger partial charge in [-0.05, 0) is 49.7 Å². The number of amides is 1. The van der Waals surface area contributed by atoms with Crippen LogP contribution in [0.15, 0.2) is 45.8 Å². The van der Waals surface area contributed by atoms with Crippen molar-refractivity contribution in [2.24, 2.45) is 7.05 Å². The lowest BCUT2D eigenvalue weighted by Gasteiger charge is -2.09. The molecule has 0 radical (unpaired) electrons. The largest absolute Gasteiger partial charge is 0.339 e. The minimum absolute atomic E-state index is 0.0792. The van der Waals surface area contributed by atoms with Gasteiger partial charge in [-0.2, -0.15) is 0 Å². The fourth-order valence-corrected chi connectivity index (χ4v) is 3.27. The molecule has 0 aliphatic carbocycles. The van der Waals surface area contributed by atoms with Gasteiger partial charge < -0.3 is 14.5 Å². The number of nitrogens with zero attached hydrogens (tertiary/aromatic N) is 2. The monoisotopic (exact) mass is 387 g/mol. The van der Waals surface area contributed by atoms with Gasteiger partial charge in [0.25, 0.3) is 11.5 Å². The van der Waals surface area contributed by atoms with Crippen LogP contribution in [0.3, 0.4) is 0 Å². The average Bonchev–Trinajstić information content (AvgIpc) is 2.88. The summed E-state index contributed by atoms with van der Waals surface area (Å²) in [7, 11) is 1.79. The first kappa shape index (κ1) is 16.5. The molecule has 1 aromatic carbocycles. The van der Waals surface area contributed by atoms with Crippen LogP contribution >= 0.6 is 15.9 Å². The molecule has 0 unspecified atom stereocenters. The highest BCUT2D eigenvalue weighted by Crippen LogP contribution is 2.22. The summed E-state index contributed by atoms with van der Waals surface area (Å²) in [6.45, 7) is 4.45. The topological polar surface area (TPSA) is 56.0 Å². The molecule has 0 aliphatic rings. The lowest BCUT2D eigenvalue weighted by atomic mass is 10.2. The van der Waals surface area contributed by atoms with E-state index in [9.17, 15) is 9.59 Å². The first-order valence-electron chi connectivity index (χ1n) is 7.68. The Kier molecular flexibility index (Phi) is 4.32. The Morgan fingerprint density at radius 2 is 2.00 bits per heavy atom. The van der Waals surface area contributed by atoms with Crippen molar-refractivity contribution in [3.8, 4) is 0 Å². The van der Waals surface area contributed by atoms with Crippen molar-refractivity contribution in [2.75, 3.05) is 5.32 Å². The number of benzene rings is 1. The Balaban J connectivity index is 2.02. The average molecular weight is 388 g/mol. The summed E-state index contributed by atoms with van der Waals surface area (Å²) in [6.07, 6.45) is 1.76. The number of rotatable bonds is 3. The second kappa shape index (κ2) is 6.28. The minimum Gasteiger partial charge on any atom is -0.339 e. The van der Waals surface area contributed by atoms with Crippen LogP contribution in [0.2, 0.25) is 0 Å². The van der Waals surface area contributed by atoms with Crippen LogP contribution in [0.1, 0.15) is 23.0 Å². The summed E-state index contributed by atoms with van der Waals surface area (Å²) in [6, 6.07) is 9.19. The highest BCUT2D eigenvalue weighted by atomic mass is 79.9. The molecule has 0 fully saturated rings. The number of fused-ring (bicyclic) bond motifs is 1. The molecule has 5 nitrogen and oxygen atoms in total. The number of hydrogen-bond donors (Lipinski definition) is 1. The van der Waals surface area contributed by atoms with Gasteiger partial charge in [0.05, 0.1) is 10.9 Å². The van der Waals surface area contributed by atoms with Gasteiger partial charge in [0.15, 0.2) is 0 Å². The fraction of sp³-hybridized carbons (Fsp3) is 0.222. The second-order valence-electron chi connectivity index (χ2n) is 5.71. The Bertz CT molecular complexity index is 1000. The summed E-state index contributed by atoms with van der Waals surface area (Å²) in [4.78, 5) is 25.1. The number of pyridine rings is 1. The zero-order chi connectivity index (χ0) is 17.4. The number of aromatic nitrogens is 2. The maximum atomic E-state index is 12.7. The third-order valence-electron chi connectivity index (χ3n) is 4.19. The van der Waals surface area contributed by atoms with Gasteiger partial charge in [0, 0.05) is 29.9 Å². The van der Waals surface area contributed by atoms with Gasteiger partial charge in [-0.1, -0.05) is 15.9 Å². The van der Waals surface area contributed by atoms with Gasteiger partial charge in [0.1, 0.15) is 5.69 Å². The third kappa shape index (κ3) is 2.78. The van der Waals surface area contributed by atoms with Crippen molar-refractivity contribution >= 4 is 38.4 Å². The molecule has 0 atom stereocenters. The molecule has 124 valence electrons. The van der Waals surface area contributed by atoms with Crippen LogP contribution in [0.4, 0.5) is 5.69 Å². The number of aryl methyl sites for hydroxylation is 3. The molecule has 3 rings (SSSR count). The van der Waals surface area contributed by atoms with E-state index in [1.165, 1.54) is 0 Å². The molecule has 0 saturated heterocycles. The zero-order valence-corrected chi connectivity index (χ0v) is 15.3. The normalized spacial score (nSPS) is 11.0. The second-order valence-corrected chi connectivity index (χ2v) is 6.62. The van der Waals surface area contributed by atoms with E-state index in [2.05, 4.69) is 21.2 Å². The summed E-state index contributed by atoms with van der Waals surface area (Å²) >= 11 is 3.41. The van der Waals surface area contributed by atoms with Crippen molar-refractivity contribution < 1.29 is 4.79 Å². The lowest BCUT2D eigenvalue weighted by molar-refractivity contribution is 0.101. The van der Waals surface area contributed by atoms with E-state index in [1.54, 1.807) is 28.4 Å². The molecule has 0 bridgehead atoms. The first-order chi connectivity index (χ1) is 11.4. The van der Waals surface area contributed by atoms with Gasteiger partial charge in [-0.25, -0.2) is 0 Å². The van der Waals surface area contributed by atoms with E-state index in [0.29, 0.717) is 17.6 Å². The number of carbonyl (C=O) groups is 1. The van der Waals surface area contributed by atoms with Crippen LogP contribution in [0.5, 0.6) is 0 Å². The van der Waals surface area contributed by atoms with Crippen molar-refractivity contribution in [3.63, 3.8) is 0 Å². The van der Waals surface area contributed by atoms with Crippen LogP contribution < -0.4 is 10.9 Å². The summed E-state index contributed by atoms with van der Waals surface area (Å²) in [5.74, 6) is -0.235. The van der Waals surface area contributed by atoms with E-state index < -0.39 is 0 Å². The smallest absolute Gasteiger partial charge is 0.272 e. The highest BCUT2D eigenvalue weighted by Gasteiger charge is 2.16. The molecule has 1 N–H and O–H groups in total. The Morgan fingerprint density at radius 1 is 1.25 bits per heavy atom. The molecule has 2 heterocycles. The first-order valence-corrected chi connectivity index (χ1v) is 8.48.